The van der Waals surface area contributed by atoms with E-state index in [9.17, 15) is 5.11 Å². The van der Waals surface area contributed by atoms with E-state index >= 15 is 0 Å². The van der Waals surface area contributed by atoms with Crippen LogP contribution in [0.3, 0.4) is 0 Å². The molecule has 5 heteroatoms. The molecule has 1 unspecified atom stereocenters. The van der Waals surface area contributed by atoms with Crippen LogP contribution in [0.2, 0.25) is 0 Å². The summed E-state index contributed by atoms with van der Waals surface area (Å²) in [5.74, 6) is 1.66. The zero-order valence-electron chi connectivity index (χ0n) is 15.3. The fourth-order valence-electron chi connectivity index (χ4n) is 3.10. The van der Waals surface area contributed by atoms with Gasteiger partial charge in [-0.05, 0) is 52.4 Å². The zero-order valence-corrected chi connectivity index (χ0v) is 15.3. The molecule has 0 bridgehead atoms. The normalized spacial score (nSPS) is 19.3. The number of aliphatic hydroxyl groups excluding tert-OH is 1. The third-order valence-electron chi connectivity index (χ3n) is 4.46. The number of para-hydroxylation sites is 1. The zero-order chi connectivity index (χ0) is 17.4. The van der Waals surface area contributed by atoms with Gasteiger partial charge in [0.1, 0.15) is 0 Å². The van der Waals surface area contributed by atoms with Crippen LogP contribution in [-0.4, -0.2) is 68.5 Å². The molecule has 0 spiro atoms. The molecule has 1 N–H and O–H groups in total. The Kier molecular flexibility index (Phi) is 7.82. The quantitative estimate of drug-likeness (QED) is 0.739. The van der Waals surface area contributed by atoms with Gasteiger partial charge in [-0.15, -0.1) is 0 Å². The Morgan fingerprint density at radius 2 is 2.08 bits per heavy atom. The summed E-state index contributed by atoms with van der Waals surface area (Å²) in [7, 11) is 5.83. The van der Waals surface area contributed by atoms with Gasteiger partial charge in [-0.2, -0.15) is 0 Å². The van der Waals surface area contributed by atoms with Crippen molar-refractivity contribution in [2.75, 3.05) is 47.4 Å². The van der Waals surface area contributed by atoms with Crippen molar-refractivity contribution in [3.63, 3.8) is 0 Å². The fourth-order valence-corrected chi connectivity index (χ4v) is 3.10. The SMILES string of the molecule is COc1cccc(CN2CCCC(O)CC2)c1OCCCN(C)C. The first-order valence-corrected chi connectivity index (χ1v) is 8.94. The second-order valence-corrected chi connectivity index (χ2v) is 6.81. The second kappa shape index (κ2) is 9.87. The van der Waals surface area contributed by atoms with Crippen molar-refractivity contribution in [2.24, 2.45) is 0 Å². The third-order valence-corrected chi connectivity index (χ3v) is 4.46. The summed E-state index contributed by atoms with van der Waals surface area (Å²) in [6.45, 7) is 4.48. The molecule has 24 heavy (non-hydrogen) atoms. The Morgan fingerprint density at radius 1 is 1.25 bits per heavy atom. The summed E-state index contributed by atoms with van der Waals surface area (Å²) in [5.41, 5.74) is 1.16. The van der Waals surface area contributed by atoms with Crippen molar-refractivity contribution in [3.05, 3.63) is 23.8 Å². The molecule has 1 aliphatic heterocycles. The number of ether oxygens (including phenoxy) is 2. The first-order chi connectivity index (χ1) is 11.6. The minimum atomic E-state index is -0.151. The summed E-state index contributed by atoms with van der Waals surface area (Å²) in [5, 5.41) is 9.82. The van der Waals surface area contributed by atoms with Gasteiger partial charge in [0.2, 0.25) is 0 Å². The van der Waals surface area contributed by atoms with Crippen LogP contribution in [0.4, 0.5) is 0 Å². The molecule has 5 nitrogen and oxygen atoms in total. The van der Waals surface area contributed by atoms with Crippen LogP contribution in [0.1, 0.15) is 31.2 Å². The summed E-state index contributed by atoms with van der Waals surface area (Å²) in [6.07, 6.45) is 3.64. The van der Waals surface area contributed by atoms with Crippen LogP contribution < -0.4 is 9.47 Å². The molecule has 1 aliphatic rings. The van der Waals surface area contributed by atoms with Gasteiger partial charge in [-0.1, -0.05) is 12.1 Å². The number of aliphatic hydroxyl groups is 1. The summed E-state index contributed by atoms with van der Waals surface area (Å²) < 4.78 is 11.6. The first kappa shape index (κ1) is 19.0. The lowest BCUT2D eigenvalue weighted by molar-refractivity contribution is 0.154. The second-order valence-electron chi connectivity index (χ2n) is 6.81. The maximum absolute atomic E-state index is 9.82. The molecule has 1 aromatic rings. The van der Waals surface area contributed by atoms with Gasteiger partial charge < -0.3 is 19.5 Å². The lowest BCUT2D eigenvalue weighted by Crippen LogP contribution is -2.25. The van der Waals surface area contributed by atoms with Crippen LogP contribution in [0, 0.1) is 0 Å². The molecule has 1 heterocycles. The van der Waals surface area contributed by atoms with Crippen molar-refractivity contribution in [1.29, 1.82) is 0 Å². The van der Waals surface area contributed by atoms with Crippen LogP contribution in [0.25, 0.3) is 0 Å². The van der Waals surface area contributed by atoms with Gasteiger partial charge >= 0.3 is 0 Å². The molecule has 1 saturated heterocycles. The molecule has 0 aliphatic carbocycles. The van der Waals surface area contributed by atoms with Crippen LogP contribution >= 0.6 is 0 Å². The number of nitrogens with zero attached hydrogens (tertiary/aromatic N) is 2. The summed E-state index contributed by atoms with van der Waals surface area (Å²) in [6, 6.07) is 6.09. The molecule has 1 fully saturated rings. The van der Waals surface area contributed by atoms with Crippen molar-refractivity contribution in [3.8, 4) is 11.5 Å². The topological polar surface area (TPSA) is 45.2 Å². The highest BCUT2D eigenvalue weighted by molar-refractivity contribution is 5.46. The molecule has 0 aromatic heterocycles. The standard InChI is InChI=1S/C19H32N2O3/c1-20(2)11-6-14-24-19-16(7-4-9-18(19)23-3)15-21-12-5-8-17(22)10-13-21/h4,7,9,17,22H,5-6,8,10-15H2,1-3H3. The van der Waals surface area contributed by atoms with E-state index in [0.29, 0.717) is 6.61 Å². The molecule has 1 atom stereocenters. The van der Waals surface area contributed by atoms with E-state index in [1.165, 1.54) is 0 Å². The lowest BCUT2D eigenvalue weighted by Gasteiger charge is -2.22. The van der Waals surface area contributed by atoms with Crippen molar-refractivity contribution < 1.29 is 14.6 Å². The van der Waals surface area contributed by atoms with E-state index < -0.39 is 0 Å². The molecule has 1 aromatic carbocycles. The highest BCUT2D eigenvalue weighted by atomic mass is 16.5. The van der Waals surface area contributed by atoms with E-state index in [1.54, 1.807) is 7.11 Å². The molecular weight excluding hydrogens is 304 g/mol. The minimum Gasteiger partial charge on any atom is -0.493 e. The van der Waals surface area contributed by atoms with Crippen molar-refractivity contribution >= 4 is 0 Å². The minimum absolute atomic E-state index is 0.151. The van der Waals surface area contributed by atoms with E-state index in [0.717, 1.165) is 68.9 Å². The maximum atomic E-state index is 9.82. The predicted molar refractivity (Wildman–Crippen MR) is 96.8 cm³/mol. The number of likely N-dealkylation sites (tertiary alicyclic amines) is 1. The molecule has 0 radical (unpaired) electrons. The van der Waals surface area contributed by atoms with E-state index in [-0.39, 0.29) is 6.10 Å². The molecule has 0 saturated carbocycles. The van der Waals surface area contributed by atoms with Gasteiger partial charge in [0.25, 0.3) is 0 Å². The van der Waals surface area contributed by atoms with E-state index in [4.69, 9.17) is 9.47 Å². The van der Waals surface area contributed by atoms with Crippen LogP contribution in [-0.2, 0) is 6.54 Å². The van der Waals surface area contributed by atoms with E-state index in [1.807, 2.05) is 12.1 Å². The average Bonchev–Trinajstić information content (AvgIpc) is 2.76. The van der Waals surface area contributed by atoms with Crippen LogP contribution in [0.5, 0.6) is 11.5 Å². The van der Waals surface area contributed by atoms with Gasteiger partial charge in [0.05, 0.1) is 19.8 Å². The Bertz CT molecular complexity index is 494. The third kappa shape index (κ3) is 5.96. The lowest BCUT2D eigenvalue weighted by atomic mass is 10.1. The van der Waals surface area contributed by atoms with Gasteiger partial charge in [-0.25, -0.2) is 0 Å². The van der Waals surface area contributed by atoms with Crippen molar-refractivity contribution in [2.45, 2.75) is 38.3 Å². The first-order valence-electron chi connectivity index (χ1n) is 8.94. The maximum Gasteiger partial charge on any atom is 0.165 e. The number of rotatable bonds is 8. The molecular formula is C19H32N2O3. The predicted octanol–water partition coefficient (Wildman–Crippen LogP) is 2.37. The number of benzene rings is 1. The highest BCUT2D eigenvalue weighted by Crippen LogP contribution is 2.32. The number of hydrogen-bond donors (Lipinski definition) is 1. The molecule has 2 rings (SSSR count). The monoisotopic (exact) mass is 336 g/mol. The average molecular weight is 336 g/mol. The number of methoxy groups -OCH3 is 1. The largest absolute Gasteiger partial charge is 0.493 e. The van der Waals surface area contributed by atoms with Crippen molar-refractivity contribution in [1.82, 2.24) is 9.80 Å². The van der Waals surface area contributed by atoms with E-state index in [2.05, 4.69) is 30.0 Å². The van der Waals surface area contributed by atoms with Gasteiger partial charge in [-0.3, -0.25) is 4.90 Å². The van der Waals surface area contributed by atoms with Crippen LogP contribution in [0.15, 0.2) is 18.2 Å². The Balaban J connectivity index is 2.02. The van der Waals surface area contributed by atoms with Gasteiger partial charge in [0.15, 0.2) is 11.5 Å². The number of hydrogen-bond acceptors (Lipinski definition) is 5. The molecule has 136 valence electrons. The Morgan fingerprint density at radius 3 is 2.83 bits per heavy atom. The Labute approximate surface area is 146 Å². The fraction of sp³-hybridized carbons (Fsp3) is 0.684. The summed E-state index contributed by atoms with van der Waals surface area (Å²) in [4.78, 5) is 4.56. The van der Waals surface area contributed by atoms with Gasteiger partial charge in [0, 0.05) is 25.2 Å². The Hall–Kier alpha value is -1.30. The highest BCUT2D eigenvalue weighted by Gasteiger charge is 2.18. The smallest absolute Gasteiger partial charge is 0.165 e. The summed E-state index contributed by atoms with van der Waals surface area (Å²) >= 11 is 0. The molecule has 0 amide bonds.